The van der Waals surface area contributed by atoms with Crippen LogP contribution in [0.25, 0.3) is 0 Å². The molecule has 5 heteroatoms. The number of hydrogen-bond donors (Lipinski definition) is 2. The van der Waals surface area contributed by atoms with Crippen LogP contribution in [0.1, 0.15) is 34.8 Å². The highest BCUT2D eigenvalue weighted by atomic mass is 16.1. The molecule has 0 radical (unpaired) electrons. The molecule has 0 saturated heterocycles. The van der Waals surface area contributed by atoms with E-state index in [1.165, 1.54) is 0 Å². The smallest absolute Gasteiger partial charge is 0.253 e. The van der Waals surface area contributed by atoms with Crippen LogP contribution >= 0.6 is 0 Å². The lowest BCUT2D eigenvalue weighted by atomic mass is 10.1. The molecule has 110 valence electrons. The fraction of sp³-hybridized carbons (Fsp3) is 0.312. The first-order chi connectivity index (χ1) is 10.2. The van der Waals surface area contributed by atoms with Gasteiger partial charge in [-0.05, 0) is 36.6 Å². The highest BCUT2D eigenvalue weighted by molar-refractivity contribution is 5.99. The lowest BCUT2D eigenvalue weighted by Crippen LogP contribution is -2.24. The minimum atomic E-state index is -0.104. The zero-order chi connectivity index (χ0) is 15.1. The number of aromatic nitrogens is 2. The molecule has 2 aromatic rings. The monoisotopic (exact) mass is 284 g/mol. The van der Waals surface area contributed by atoms with E-state index in [2.05, 4.69) is 27.5 Å². The summed E-state index contributed by atoms with van der Waals surface area (Å²) in [4.78, 5) is 20.4. The average Bonchev–Trinajstić information content (AvgIpc) is 2.52. The maximum atomic E-state index is 12.3. The van der Waals surface area contributed by atoms with Crippen LogP contribution in [0.3, 0.4) is 0 Å². The molecule has 0 unspecified atom stereocenters. The Kier molecular flexibility index (Phi) is 5.26. The summed E-state index contributed by atoms with van der Waals surface area (Å²) in [6.07, 6.45) is 7.83. The second-order valence-corrected chi connectivity index (χ2v) is 4.83. The van der Waals surface area contributed by atoms with E-state index in [9.17, 15) is 4.79 Å². The number of carbonyl (C=O) groups is 1. The van der Waals surface area contributed by atoms with E-state index in [-0.39, 0.29) is 5.91 Å². The summed E-state index contributed by atoms with van der Waals surface area (Å²) in [5.41, 5.74) is 3.51. The van der Waals surface area contributed by atoms with Crippen LogP contribution in [0, 0.1) is 6.92 Å². The molecule has 2 N–H and O–H groups in total. The molecule has 5 nitrogen and oxygen atoms in total. The molecule has 0 bridgehead atoms. The number of rotatable bonds is 6. The van der Waals surface area contributed by atoms with E-state index in [0.29, 0.717) is 12.1 Å². The van der Waals surface area contributed by atoms with Gasteiger partial charge in [-0.1, -0.05) is 6.92 Å². The third kappa shape index (κ3) is 4.02. The number of carbonyl (C=O) groups excluding carboxylic acids is 1. The maximum Gasteiger partial charge on any atom is 0.253 e. The van der Waals surface area contributed by atoms with Crippen molar-refractivity contribution < 1.29 is 4.79 Å². The summed E-state index contributed by atoms with van der Waals surface area (Å²) >= 11 is 0. The first-order valence-electron chi connectivity index (χ1n) is 7.08. The van der Waals surface area contributed by atoms with E-state index in [4.69, 9.17) is 0 Å². The van der Waals surface area contributed by atoms with Crippen LogP contribution in [0.2, 0.25) is 0 Å². The predicted molar refractivity (Wildman–Crippen MR) is 83.2 cm³/mol. The van der Waals surface area contributed by atoms with Gasteiger partial charge >= 0.3 is 0 Å². The molecule has 2 aromatic heterocycles. The summed E-state index contributed by atoms with van der Waals surface area (Å²) < 4.78 is 0. The van der Waals surface area contributed by atoms with Gasteiger partial charge in [-0.25, -0.2) is 0 Å². The summed E-state index contributed by atoms with van der Waals surface area (Å²) in [6, 6.07) is 3.64. The predicted octanol–water partition coefficient (Wildman–Crippen LogP) is 2.54. The molecule has 2 rings (SSSR count). The molecule has 21 heavy (non-hydrogen) atoms. The number of amides is 1. The quantitative estimate of drug-likeness (QED) is 0.855. The molecule has 0 fully saturated rings. The van der Waals surface area contributed by atoms with Crippen molar-refractivity contribution in [2.24, 2.45) is 0 Å². The molecular weight excluding hydrogens is 264 g/mol. The zero-order valence-corrected chi connectivity index (χ0v) is 12.4. The van der Waals surface area contributed by atoms with E-state index in [1.54, 1.807) is 30.9 Å². The Bertz CT molecular complexity index is 613. The largest absolute Gasteiger partial charge is 0.383 e. The minimum absolute atomic E-state index is 0.104. The molecule has 0 aliphatic heterocycles. The molecule has 0 spiro atoms. The Labute approximate surface area is 124 Å². The number of nitrogens with one attached hydrogen (secondary N) is 2. The van der Waals surface area contributed by atoms with Gasteiger partial charge in [0.25, 0.3) is 5.91 Å². The van der Waals surface area contributed by atoms with Crippen LogP contribution in [0.5, 0.6) is 0 Å². The van der Waals surface area contributed by atoms with Gasteiger partial charge in [-0.3, -0.25) is 14.8 Å². The lowest BCUT2D eigenvalue weighted by molar-refractivity contribution is 0.0951. The molecule has 0 atom stereocenters. The zero-order valence-electron chi connectivity index (χ0n) is 12.4. The van der Waals surface area contributed by atoms with Gasteiger partial charge in [-0.15, -0.1) is 0 Å². The van der Waals surface area contributed by atoms with Gasteiger partial charge in [0.2, 0.25) is 0 Å². The van der Waals surface area contributed by atoms with Crippen molar-refractivity contribution in [3.8, 4) is 0 Å². The molecule has 0 saturated carbocycles. The third-order valence-corrected chi connectivity index (χ3v) is 3.21. The maximum absolute atomic E-state index is 12.3. The number of anilines is 1. The average molecular weight is 284 g/mol. The molecular formula is C16H20N4O. The molecule has 1 amide bonds. The second kappa shape index (κ2) is 7.38. The van der Waals surface area contributed by atoms with Gasteiger partial charge in [0.1, 0.15) is 0 Å². The number of pyridine rings is 2. The standard InChI is InChI=1S/C16H20N4O/c1-3-6-19-15-11-18-8-5-14(15)16(21)20-10-13-4-7-17-9-12(13)2/h4-5,7-9,11,19H,3,6,10H2,1-2H3,(H,20,21). The Hall–Kier alpha value is -2.43. The van der Waals surface area contributed by atoms with Crippen molar-refractivity contribution in [3.63, 3.8) is 0 Å². The Balaban J connectivity index is 2.05. The fourth-order valence-electron chi connectivity index (χ4n) is 1.96. The lowest BCUT2D eigenvalue weighted by Gasteiger charge is -2.11. The van der Waals surface area contributed by atoms with Gasteiger partial charge in [0.05, 0.1) is 17.4 Å². The summed E-state index contributed by atoms with van der Waals surface area (Å²) in [5.74, 6) is -0.104. The van der Waals surface area contributed by atoms with Gasteiger partial charge in [0.15, 0.2) is 0 Å². The van der Waals surface area contributed by atoms with Gasteiger partial charge < -0.3 is 10.6 Å². The fourth-order valence-corrected chi connectivity index (χ4v) is 1.96. The number of nitrogens with zero attached hydrogens (tertiary/aromatic N) is 2. The van der Waals surface area contributed by atoms with E-state index < -0.39 is 0 Å². The Morgan fingerprint density at radius 1 is 1.19 bits per heavy atom. The Morgan fingerprint density at radius 3 is 2.71 bits per heavy atom. The first-order valence-corrected chi connectivity index (χ1v) is 7.08. The number of hydrogen-bond acceptors (Lipinski definition) is 4. The third-order valence-electron chi connectivity index (χ3n) is 3.21. The normalized spacial score (nSPS) is 10.2. The van der Waals surface area contributed by atoms with E-state index >= 15 is 0 Å². The first kappa shape index (κ1) is 15.0. The highest BCUT2D eigenvalue weighted by Crippen LogP contribution is 2.14. The van der Waals surface area contributed by atoms with Crippen molar-refractivity contribution in [2.75, 3.05) is 11.9 Å². The van der Waals surface area contributed by atoms with Crippen molar-refractivity contribution in [1.29, 1.82) is 0 Å². The van der Waals surface area contributed by atoms with Crippen molar-refractivity contribution in [1.82, 2.24) is 15.3 Å². The topological polar surface area (TPSA) is 66.9 Å². The molecule has 0 aliphatic rings. The summed E-state index contributed by atoms with van der Waals surface area (Å²) in [6.45, 7) is 5.36. The van der Waals surface area contributed by atoms with E-state index in [1.807, 2.05) is 13.0 Å². The SMILES string of the molecule is CCCNc1cnccc1C(=O)NCc1ccncc1C. The summed E-state index contributed by atoms with van der Waals surface area (Å²) in [7, 11) is 0. The van der Waals surface area contributed by atoms with Crippen molar-refractivity contribution in [2.45, 2.75) is 26.8 Å². The minimum Gasteiger partial charge on any atom is -0.383 e. The van der Waals surface area contributed by atoms with Crippen LogP contribution in [-0.2, 0) is 6.54 Å². The van der Waals surface area contributed by atoms with Gasteiger partial charge in [-0.2, -0.15) is 0 Å². The van der Waals surface area contributed by atoms with Crippen LogP contribution in [-0.4, -0.2) is 22.4 Å². The molecule has 0 aliphatic carbocycles. The van der Waals surface area contributed by atoms with Crippen LogP contribution in [0.4, 0.5) is 5.69 Å². The van der Waals surface area contributed by atoms with Crippen LogP contribution in [0.15, 0.2) is 36.9 Å². The summed E-state index contributed by atoms with van der Waals surface area (Å²) in [5, 5.41) is 6.16. The molecule has 0 aromatic carbocycles. The van der Waals surface area contributed by atoms with Gasteiger partial charge in [0, 0.05) is 31.7 Å². The van der Waals surface area contributed by atoms with Crippen molar-refractivity contribution >= 4 is 11.6 Å². The highest BCUT2D eigenvalue weighted by Gasteiger charge is 2.11. The Morgan fingerprint density at radius 2 is 1.95 bits per heavy atom. The van der Waals surface area contributed by atoms with Crippen molar-refractivity contribution in [3.05, 3.63) is 53.6 Å². The van der Waals surface area contributed by atoms with E-state index in [0.717, 1.165) is 29.8 Å². The second-order valence-electron chi connectivity index (χ2n) is 4.83. The number of aryl methyl sites for hydroxylation is 1. The molecule has 2 heterocycles. The van der Waals surface area contributed by atoms with Crippen LogP contribution < -0.4 is 10.6 Å².